The Morgan fingerprint density at radius 2 is 2.25 bits per heavy atom. The van der Waals surface area contributed by atoms with Crippen LogP contribution in [0.4, 0.5) is 0 Å². The minimum atomic E-state index is -1.10. The molecule has 0 saturated heterocycles. The second-order valence-electron chi connectivity index (χ2n) is 3.33. The van der Waals surface area contributed by atoms with Gasteiger partial charge in [-0.1, -0.05) is 11.6 Å². The van der Waals surface area contributed by atoms with Crippen molar-refractivity contribution in [3.05, 3.63) is 40.2 Å². The topological polar surface area (TPSA) is 63.3 Å². The van der Waals surface area contributed by atoms with Gasteiger partial charge < -0.3 is 9.52 Å². The van der Waals surface area contributed by atoms with Crippen LogP contribution in [0.1, 0.15) is 16.1 Å². The summed E-state index contributed by atoms with van der Waals surface area (Å²) in [4.78, 5) is 14.5. The smallest absolute Gasteiger partial charge is 0.357 e. The Balaban J connectivity index is 2.50. The molecule has 16 heavy (non-hydrogen) atoms. The first-order valence-electron chi connectivity index (χ1n) is 4.53. The van der Waals surface area contributed by atoms with Crippen LogP contribution < -0.4 is 0 Å². The van der Waals surface area contributed by atoms with Crippen LogP contribution in [0.15, 0.2) is 33.4 Å². The van der Waals surface area contributed by atoms with Gasteiger partial charge in [0.1, 0.15) is 6.26 Å². The van der Waals surface area contributed by atoms with Crippen LogP contribution in [-0.4, -0.2) is 16.1 Å². The molecule has 0 aliphatic carbocycles. The van der Waals surface area contributed by atoms with Gasteiger partial charge in [0.15, 0.2) is 5.69 Å². The Bertz CT molecular complexity index is 548. The summed E-state index contributed by atoms with van der Waals surface area (Å²) in [5.74, 6) is -0.799. The number of benzene rings is 1. The zero-order valence-corrected chi connectivity index (χ0v) is 9.98. The molecule has 0 atom stereocenters. The molecule has 0 bridgehead atoms. The minimum absolute atomic E-state index is 0.0941. The van der Waals surface area contributed by atoms with Crippen LogP contribution >= 0.6 is 15.9 Å². The van der Waals surface area contributed by atoms with E-state index < -0.39 is 5.97 Å². The number of nitrogens with zero attached hydrogens (tertiary/aromatic N) is 1. The molecular formula is C11H8BrNO3. The third-order valence-corrected chi connectivity index (χ3v) is 2.77. The zero-order chi connectivity index (χ0) is 11.7. The van der Waals surface area contributed by atoms with Gasteiger partial charge in [-0.15, -0.1) is 0 Å². The standard InChI is InChI=1S/C11H8BrNO3/c1-6-2-3-8(12)7(4-6)10-13-9(5-16-10)11(14)15/h2-5H,1H3,(H,14,15). The second kappa shape index (κ2) is 4.09. The van der Waals surface area contributed by atoms with Gasteiger partial charge in [-0.3, -0.25) is 0 Å². The van der Waals surface area contributed by atoms with Crippen LogP contribution in [-0.2, 0) is 0 Å². The molecule has 0 unspecified atom stereocenters. The molecule has 2 aromatic rings. The van der Waals surface area contributed by atoms with E-state index in [2.05, 4.69) is 20.9 Å². The maximum atomic E-state index is 10.7. The van der Waals surface area contributed by atoms with Crippen LogP contribution in [0.3, 0.4) is 0 Å². The van der Waals surface area contributed by atoms with E-state index in [0.29, 0.717) is 5.89 Å². The summed E-state index contributed by atoms with van der Waals surface area (Å²) in [5.41, 5.74) is 1.70. The number of hydrogen-bond donors (Lipinski definition) is 1. The second-order valence-corrected chi connectivity index (χ2v) is 4.18. The summed E-state index contributed by atoms with van der Waals surface area (Å²) in [7, 11) is 0. The number of aromatic carboxylic acids is 1. The zero-order valence-electron chi connectivity index (χ0n) is 8.40. The highest BCUT2D eigenvalue weighted by molar-refractivity contribution is 9.10. The van der Waals surface area contributed by atoms with E-state index in [-0.39, 0.29) is 5.69 Å². The minimum Gasteiger partial charge on any atom is -0.476 e. The molecule has 82 valence electrons. The largest absolute Gasteiger partial charge is 0.476 e. The van der Waals surface area contributed by atoms with E-state index in [1.807, 2.05) is 25.1 Å². The predicted molar refractivity (Wildman–Crippen MR) is 61.3 cm³/mol. The Kier molecular flexibility index (Phi) is 2.78. The number of hydrogen-bond acceptors (Lipinski definition) is 3. The molecular weight excluding hydrogens is 274 g/mol. The quantitative estimate of drug-likeness (QED) is 0.919. The van der Waals surface area contributed by atoms with Gasteiger partial charge in [-0.25, -0.2) is 9.78 Å². The van der Waals surface area contributed by atoms with Crippen LogP contribution in [0.2, 0.25) is 0 Å². The van der Waals surface area contributed by atoms with Crippen molar-refractivity contribution in [2.24, 2.45) is 0 Å². The van der Waals surface area contributed by atoms with Crippen molar-refractivity contribution >= 4 is 21.9 Å². The lowest BCUT2D eigenvalue weighted by molar-refractivity contribution is 0.0690. The number of carboxylic acids is 1. The number of oxazole rings is 1. The summed E-state index contributed by atoms with van der Waals surface area (Å²) in [6.45, 7) is 1.94. The maximum Gasteiger partial charge on any atom is 0.357 e. The maximum absolute atomic E-state index is 10.7. The van der Waals surface area contributed by atoms with E-state index in [1.54, 1.807) is 0 Å². The molecule has 0 aliphatic heterocycles. The molecule has 0 amide bonds. The van der Waals surface area contributed by atoms with Crippen molar-refractivity contribution in [3.8, 4) is 11.5 Å². The molecule has 0 spiro atoms. The average molecular weight is 282 g/mol. The lowest BCUT2D eigenvalue weighted by Crippen LogP contribution is -1.95. The van der Waals surface area contributed by atoms with E-state index >= 15 is 0 Å². The summed E-state index contributed by atoms with van der Waals surface area (Å²) in [6.07, 6.45) is 1.13. The number of aromatic nitrogens is 1. The third-order valence-electron chi connectivity index (χ3n) is 2.08. The Hall–Kier alpha value is -1.62. The van der Waals surface area contributed by atoms with Gasteiger partial charge in [0, 0.05) is 4.47 Å². The first-order valence-corrected chi connectivity index (χ1v) is 5.32. The van der Waals surface area contributed by atoms with Gasteiger partial charge in [-0.2, -0.15) is 0 Å². The first-order chi connectivity index (χ1) is 7.58. The van der Waals surface area contributed by atoms with Crippen LogP contribution in [0.25, 0.3) is 11.5 Å². The number of carboxylic acid groups (broad SMARTS) is 1. The summed E-state index contributed by atoms with van der Waals surface area (Å²) in [6, 6.07) is 5.69. The average Bonchev–Trinajstić information content (AvgIpc) is 2.70. The number of halogens is 1. The molecule has 1 heterocycles. The molecule has 1 N–H and O–H groups in total. The highest BCUT2D eigenvalue weighted by Gasteiger charge is 2.13. The van der Waals surface area contributed by atoms with E-state index in [1.165, 1.54) is 0 Å². The third kappa shape index (κ3) is 1.99. The number of aryl methyl sites for hydroxylation is 1. The molecule has 2 rings (SSSR count). The van der Waals surface area contributed by atoms with E-state index in [0.717, 1.165) is 21.9 Å². The SMILES string of the molecule is Cc1ccc(Br)c(-c2nc(C(=O)O)co2)c1. The van der Waals surface area contributed by atoms with Crippen molar-refractivity contribution in [2.45, 2.75) is 6.92 Å². The van der Waals surface area contributed by atoms with Gasteiger partial charge in [0.2, 0.25) is 5.89 Å². The normalized spacial score (nSPS) is 10.4. The molecule has 0 fully saturated rings. The fourth-order valence-corrected chi connectivity index (χ4v) is 1.71. The van der Waals surface area contributed by atoms with E-state index in [4.69, 9.17) is 9.52 Å². The van der Waals surface area contributed by atoms with Gasteiger partial charge in [-0.05, 0) is 35.0 Å². The van der Waals surface area contributed by atoms with Gasteiger partial charge in [0.05, 0.1) is 5.56 Å². The van der Waals surface area contributed by atoms with Crippen molar-refractivity contribution in [2.75, 3.05) is 0 Å². The van der Waals surface area contributed by atoms with Gasteiger partial charge >= 0.3 is 5.97 Å². The van der Waals surface area contributed by atoms with Crippen molar-refractivity contribution in [1.82, 2.24) is 4.98 Å². The molecule has 4 nitrogen and oxygen atoms in total. The molecule has 5 heteroatoms. The lowest BCUT2D eigenvalue weighted by atomic mass is 10.1. The van der Waals surface area contributed by atoms with Crippen LogP contribution in [0.5, 0.6) is 0 Å². The molecule has 0 radical (unpaired) electrons. The molecule has 1 aromatic carbocycles. The highest BCUT2D eigenvalue weighted by Crippen LogP contribution is 2.28. The number of rotatable bonds is 2. The Morgan fingerprint density at radius 3 is 2.88 bits per heavy atom. The molecule has 1 aromatic heterocycles. The summed E-state index contributed by atoms with van der Waals surface area (Å²) in [5, 5.41) is 8.73. The Morgan fingerprint density at radius 1 is 1.50 bits per heavy atom. The van der Waals surface area contributed by atoms with Gasteiger partial charge in [0.25, 0.3) is 0 Å². The monoisotopic (exact) mass is 281 g/mol. The van der Waals surface area contributed by atoms with Crippen LogP contribution in [0, 0.1) is 6.92 Å². The fourth-order valence-electron chi connectivity index (χ4n) is 1.30. The summed E-state index contributed by atoms with van der Waals surface area (Å²) < 4.78 is 5.94. The lowest BCUT2D eigenvalue weighted by Gasteiger charge is -2.00. The van der Waals surface area contributed by atoms with Crippen molar-refractivity contribution < 1.29 is 14.3 Å². The molecule has 0 aliphatic rings. The summed E-state index contributed by atoms with van der Waals surface area (Å²) >= 11 is 3.37. The van der Waals surface area contributed by atoms with Crippen molar-refractivity contribution in [3.63, 3.8) is 0 Å². The van der Waals surface area contributed by atoms with E-state index in [9.17, 15) is 4.79 Å². The van der Waals surface area contributed by atoms with Crippen molar-refractivity contribution in [1.29, 1.82) is 0 Å². The first kappa shape index (κ1) is 10.9. The molecule has 0 saturated carbocycles. The fraction of sp³-hybridized carbons (Fsp3) is 0.0909. The Labute approximate surface area is 100 Å². The number of carbonyl (C=O) groups is 1. The highest BCUT2D eigenvalue weighted by atomic mass is 79.9. The predicted octanol–water partition coefficient (Wildman–Crippen LogP) is 3.11.